The molecule has 0 saturated heterocycles. The fourth-order valence-corrected chi connectivity index (χ4v) is 4.48. The second-order valence-corrected chi connectivity index (χ2v) is 7.07. The van der Waals surface area contributed by atoms with Crippen molar-refractivity contribution in [2.45, 2.75) is 75.9 Å². The van der Waals surface area contributed by atoms with Gasteiger partial charge in [0.2, 0.25) is 0 Å². The number of carbonyl (C=O) groups is 1. The van der Waals surface area contributed by atoms with Crippen molar-refractivity contribution in [2.75, 3.05) is 21.2 Å². The van der Waals surface area contributed by atoms with Crippen LogP contribution in [-0.2, 0) is 9.53 Å². The highest BCUT2D eigenvalue weighted by Crippen LogP contribution is 2.36. The van der Waals surface area contributed by atoms with Gasteiger partial charge in [-0.25, -0.2) is 0 Å². The van der Waals surface area contributed by atoms with Gasteiger partial charge in [-0.15, -0.1) is 0 Å². The Balaban J connectivity index is 2.07. The fraction of sp³-hybridized carbons (Fsp3) is 0.941. The lowest BCUT2D eigenvalue weighted by Crippen LogP contribution is -2.58. The number of rotatable bonds is 4. The van der Waals surface area contributed by atoms with Gasteiger partial charge >= 0.3 is 5.97 Å². The molecule has 21 heavy (non-hydrogen) atoms. The average molecular weight is 296 g/mol. The minimum Gasteiger partial charge on any atom is -0.468 e. The lowest BCUT2D eigenvalue weighted by molar-refractivity contribution is -0.151. The van der Waals surface area contributed by atoms with Crippen LogP contribution in [0.3, 0.4) is 0 Å². The zero-order chi connectivity index (χ0) is 15.5. The van der Waals surface area contributed by atoms with E-state index in [4.69, 9.17) is 4.74 Å². The third-order valence-electron chi connectivity index (χ3n) is 5.94. The maximum absolute atomic E-state index is 12.2. The van der Waals surface area contributed by atoms with E-state index in [1.54, 1.807) is 0 Å². The Morgan fingerprint density at radius 3 is 2.57 bits per heavy atom. The van der Waals surface area contributed by atoms with Crippen LogP contribution in [-0.4, -0.2) is 49.7 Å². The second kappa shape index (κ2) is 7.10. The summed E-state index contributed by atoms with van der Waals surface area (Å²) in [5.74, 6) is 0.674. The molecule has 4 atom stereocenters. The van der Waals surface area contributed by atoms with Crippen molar-refractivity contribution < 1.29 is 9.53 Å². The van der Waals surface area contributed by atoms with Crippen LogP contribution < -0.4 is 5.32 Å². The molecule has 0 aromatic rings. The van der Waals surface area contributed by atoms with Crippen LogP contribution in [0.25, 0.3) is 0 Å². The molecule has 122 valence electrons. The molecule has 0 spiro atoms. The van der Waals surface area contributed by atoms with Gasteiger partial charge in [0.05, 0.1) is 7.11 Å². The maximum atomic E-state index is 12.2. The summed E-state index contributed by atoms with van der Waals surface area (Å²) in [7, 11) is 5.65. The number of esters is 1. The molecular formula is C17H32N2O2. The van der Waals surface area contributed by atoms with Gasteiger partial charge in [-0.2, -0.15) is 0 Å². The first-order valence-electron chi connectivity index (χ1n) is 8.53. The molecule has 0 aromatic carbocycles. The molecule has 2 fully saturated rings. The standard InChI is InChI=1S/C17H32N2O2/c1-13-8-5-6-10-15(13)19(3)14-9-7-11-17(12-14,18-2)16(20)21-4/h13-15,18H,5-12H2,1-4H3. The summed E-state index contributed by atoms with van der Waals surface area (Å²) in [6, 6.07) is 1.16. The SMILES string of the molecule is CNC1(C(=O)OC)CCCC(N(C)C2CCCCC2C)C1. The molecule has 2 rings (SSSR count). The van der Waals surface area contributed by atoms with E-state index in [9.17, 15) is 4.79 Å². The van der Waals surface area contributed by atoms with Gasteiger partial charge in [0, 0.05) is 12.1 Å². The Morgan fingerprint density at radius 2 is 1.95 bits per heavy atom. The smallest absolute Gasteiger partial charge is 0.326 e. The minimum absolute atomic E-state index is 0.0974. The molecule has 0 radical (unpaired) electrons. The lowest BCUT2D eigenvalue weighted by Gasteiger charge is -2.46. The van der Waals surface area contributed by atoms with Crippen LogP contribution in [0.4, 0.5) is 0 Å². The van der Waals surface area contributed by atoms with Gasteiger partial charge in [-0.3, -0.25) is 4.79 Å². The predicted octanol–water partition coefficient (Wildman–Crippen LogP) is 2.57. The summed E-state index contributed by atoms with van der Waals surface area (Å²) in [5, 5.41) is 3.27. The van der Waals surface area contributed by atoms with E-state index in [2.05, 4.69) is 24.2 Å². The first-order valence-corrected chi connectivity index (χ1v) is 8.53. The Bertz CT molecular complexity index is 361. The first kappa shape index (κ1) is 16.8. The van der Waals surface area contributed by atoms with E-state index in [1.807, 2.05) is 7.05 Å². The molecule has 1 N–H and O–H groups in total. The van der Waals surface area contributed by atoms with Crippen molar-refractivity contribution in [3.63, 3.8) is 0 Å². The fourth-order valence-electron chi connectivity index (χ4n) is 4.48. The van der Waals surface area contributed by atoms with E-state index < -0.39 is 5.54 Å². The number of hydrogen-bond acceptors (Lipinski definition) is 4. The largest absolute Gasteiger partial charge is 0.468 e. The Labute approximate surface area is 129 Å². The van der Waals surface area contributed by atoms with Gasteiger partial charge < -0.3 is 15.0 Å². The predicted molar refractivity (Wildman–Crippen MR) is 85.2 cm³/mol. The molecule has 0 aromatic heterocycles. The Hall–Kier alpha value is -0.610. The summed E-state index contributed by atoms with van der Waals surface area (Å²) in [6.07, 6.45) is 9.41. The van der Waals surface area contributed by atoms with Crippen LogP contribution in [0.1, 0.15) is 58.3 Å². The molecule has 2 saturated carbocycles. The van der Waals surface area contributed by atoms with Gasteiger partial charge in [-0.1, -0.05) is 19.8 Å². The quantitative estimate of drug-likeness (QED) is 0.810. The molecule has 0 bridgehead atoms. The Morgan fingerprint density at radius 1 is 1.24 bits per heavy atom. The van der Waals surface area contributed by atoms with Crippen LogP contribution in [0.15, 0.2) is 0 Å². The van der Waals surface area contributed by atoms with E-state index in [0.29, 0.717) is 12.1 Å². The number of likely N-dealkylation sites (N-methyl/N-ethyl adjacent to an activating group) is 1. The van der Waals surface area contributed by atoms with Gasteiger partial charge in [0.1, 0.15) is 5.54 Å². The Kier molecular flexibility index (Phi) is 5.67. The number of nitrogens with zero attached hydrogens (tertiary/aromatic N) is 1. The van der Waals surface area contributed by atoms with Gasteiger partial charge in [0.15, 0.2) is 0 Å². The molecule has 0 amide bonds. The lowest BCUT2D eigenvalue weighted by atomic mass is 9.76. The third kappa shape index (κ3) is 3.42. The minimum atomic E-state index is -0.482. The monoisotopic (exact) mass is 296 g/mol. The van der Waals surface area contributed by atoms with Crippen molar-refractivity contribution in [1.82, 2.24) is 10.2 Å². The summed E-state index contributed by atoms with van der Waals surface area (Å²) in [6.45, 7) is 2.38. The van der Waals surface area contributed by atoms with Gasteiger partial charge in [0.25, 0.3) is 0 Å². The number of nitrogens with one attached hydrogen (secondary N) is 1. The highest BCUT2D eigenvalue weighted by atomic mass is 16.5. The topological polar surface area (TPSA) is 41.6 Å². The van der Waals surface area contributed by atoms with Crippen molar-refractivity contribution >= 4 is 5.97 Å². The highest BCUT2D eigenvalue weighted by Gasteiger charge is 2.44. The van der Waals surface area contributed by atoms with Crippen LogP contribution in [0.5, 0.6) is 0 Å². The zero-order valence-electron chi connectivity index (χ0n) is 14.2. The number of ether oxygens (including phenoxy) is 1. The van der Waals surface area contributed by atoms with Crippen LogP contribution >= 0.6 is 0 Å². The highest BCUT2D eigenvalue weighted by molar-refractivity contribution is 5.81. The molecule has 4 unspecified atom stereocenters. The number of hydrogen-bond donors (Lipinski definition) is 1. The second-order valence-electron chi connectivity index (χ2n) is 7.07. The van der Waals surface area contributed by atoms with Crippen molar-refractivity contribution in [2.24, 2.45) is 5.92 Å². The molecule has 2 aliphatic carbocycles. The summed E-state index contributed by atoms with van der Waals surface area (Å²) in [5.41, 5.74) is -0.482. The maximum Gasteiger partial charge on any atom is 0.326 e. The van der Waals surface area contributed by atoms with Crippen LogP contribution in [0, 0.1) is 5.92 Å². The molecule has 2 aliphatic rings. The number of carbonyl (C=O) groups excluding carboxylic acids is 1. The third-order valence-corrected chi connectivity index (χ3v) is 5.94. The molecular weight excluding hydrogens is 264 g/mol. The molecule has 0 aliphatic heterocycles. The molecule has 4 heteroatoms. The van der Waals surface area contributed by atoms with E-state index >= 15 is 0 Å². The van der Waals surface area contributed by atoms with Crippen molar-refractivity contribution in [3.8, 4) is 0 Å². The van der Waals surface area contributed by atoms with Crippen molar-refractivity contribution in [1.29, 1.82) is 0 Å². The summed E-state index contributed by atoms with van der Waals surface area (Å²) < 4.78 is 5.06. The average Bonchev–Trinajstić information content (AvgIpc) is 2.53. The van der Waals surface area contributed by atoms with E-state index in [1.165, 1.54) is 39.2 Å². The zero-order valence-corrected chi connectivity index (χ0v) is 14.2. The molecule has 4 nitrogen and oxygen atoms in total. The summed E-state index contributed by atoms with van der Waals surface area (Å²) >= 11 is 0. The molecule has 0 heterocycles. The first-order chi connectivity index (χ1) is 10.0. The number of methoxy groups -OCH3 is 1. The van der Waals surface area contributed by atoms with Crippen molar-refractivity contribution in [3.05, 3.63) is 0 Å². The van der Waals surface area contributed by atoms with E-state index in [-0.39, 0.29) is 5.97 Å². The summed E-state index contributed by atoms with van der Waals surface area (Å²) in [4.78, 5) is 14.8. The normalized spacial score (nSPS) is 37.5. The van der Waals surface area contributed by atoms with Crippen LogP contribution in [0.2, 0.25) is 0 Å². The van der Waals surface area contributed by atoms with E-state index in [0.717, 1.165) is 25.2 Å². The van der Waals surface area contributed by atoms with Gasteiger partial charge in [-0.05, 0) is 58.5 Å².